The third-order valence-corrected chi connectivity index (χ3v) is 1.22. The summed E-state index contributed by atoms with van der Waals surface area (Å²) < 4.78 is 0. The van der Waals surface area contributed by atoms with E-state index in [1.165, 1.54) is 5.56 Å². The molecule has 0 aliphatic carbocycles. The molecule has 1 aromatic carbocycles. The Hall–Kier alpha value is -1.05. The van der Waals surface area contributed by atoms with Gasteiger partial charge in [0.05, 0.1) is 0 Å². The van der Waals surface area contributed by atoms with Crippen LogP contribution in [0.5, 0.6) is 0 Å². The van der Waals surface area contributed by atoms with Gasteiger partial charge in [0.25, 0.3) is 0 Å². The number of benzene rings is 1. The van der Waals surface area contributed by atoms with E-state index in [1.54, 1.807) is 0 Å². The molecule has 0 saturated carbocycles. The smallest absolute Gasteiger partial charge is 0.129 e. The van der Waals surface area contributed by atoms with Crippen LogP contribution in [-0.2, 0) is 0 Å². The molecule has 0 aliphatic heterocycles. The van der Waals surface area contributed by atoms with Crippen LogP contribution in [0.15, 0.2) is 35.3 Å². The Morgan fingerprint density at radius 1 is 1.30 bits per heavy atom. The van der Waals surface area contributed by atoms with Crippen molar-refractivity contribution in [1.82, 2.24) is 0 Å². The summed E-state index contributed by atoms with van der Waals surface area (Å²) in [7, 11) is 2.03. The molecule has 2 heteroatoms. The third kappa shape index (κ3) is 2.06. The number of nitrogens with zero attached hydrogens (tertiary/aromatic N) is 1. The van der Waals surface area contributed by atoms with Crippen LogP contribution in [0.2, 0.25) is 0 Å². The zero-order chi connectivity index (χ0) is 7.23. The van der Waals surface area contributed by atoms with Gasteiger partial charge in [-0.25, -0.2) is 0 Å². The maximum absolute atomic E-state index is 4.12. The van der Waals surface area contributed by atoms with Gasteiger partial charge in [-0.1, -0.05) is 30.3 Å². The first-order chi connectivity index (χ1) is 4.93. The molecule has 0 amide bonds. The molecule has 0 atom stereocenters. The molecule has 0 heterocycles. The van der Waals surface area contributed by atoms with Gasteiger partial charge in [-0.3, -0.25) is 0 Å². The van der Waals surface area contributed by atoms with E-state index in [0.717, 1.165) is 6.44 Å². The van der Waals surface area contributed by atoms with Crippen LogP contribution < -0.4 is 0 Å². The van der Waals surface area contributed by atoms with Crippen molar-refractivity contribution < 1.29 is 0 Å². The largest absolute Gasteiger partial charge is 0.302 e. The van der Waals surface area contributed by atoms with Crippen LogP contribution >= 0.6 is 0 Å². The van der Waals surface area contributed by atoms with Crippen molar-refractivity contribution in [2.24, 2.45) is 4.99 Å². The second-order valence-electron chi connectivity index (χ2n) is 2.04. The summed E-state index contributed by atoms with van der Waals surface area (Å²) >= 11 is 0. The highest BCUT2D eigenvalue weighted by Gasteiger charge is 1.80. The van der Waals surface area contributed by atoms with Crippen LogP contribution in [0.1, 0.15) is 5.56 Å². The highest BCUT2D eigenvalue weighted by Crippen LogP contribution is 1.92. The first-order valence-corrected chi connectivity index (χ1v) is 3.48. The van der Waals surface area contributed by atoms with Gasteiger partial charge in [0.1, 0.15) is 7.85 Å². The van der Waals surface area contributed by atoms with Crippen molar-refractivity contribution in [3.8, 4) is 0 Å². The minimum Gasteiger partial charge on any atom is -0.302 e. The van der Waals surface area contributed by atoms with Crippen molar-refractivity contribution in [2.45, 2.75) is 0 Å². The van der Waals surface area contributed by atoms with E-state index in [1.807, 2.05) is 44.4 Å². The Bertz CT molecular complexity index is 206. The lowest BCUT2D eigenvalue weighted by Gasteiger charge is -1.87. The average molecular weight is 131 g/mol. The monoisotopic (exact) mass is 131 g/mol. The fraction of sp³-hybridized carbons (Fsp3) is 0.125. The minimum absolute atomic E-state index is 0.856. The van der Waals surface area contributed by atoms with E-state index < -0.39 is 0 Å². The van der Waals surface area contributed by atoms with E-state index >= 15 is 0 Å². The fourth-order valence-corrected chi connectivity index (χ4v) is 0.736. The molecule has 0 bridgehead atoms. The van der Waals surface area contributed by atoms with Gasteiger partial charge >= 0.3 is 0 Å². The Labute approximate surface area is 62.2 Å². The zero-order valence-corrected chi connectivity index (χ0v) is 6.12. The Morgan fingerprint density at radius 2 is 2.00 bits per heavy atom. The number of rotatable bonds is 2. The predicted octanol–water partition coefficient (Wildman–Crippen LogP) is 0.696. The van der Waals surface area contributed by atoms with Gasteiger partial charge in [0.2, 0.25) is 0 Å². The molecule has 10 heavy (non-hydrogen) atoms. The van der Waals surface area contributed by atoms with Gasteiger partial charge in [-0.05, 0) is 5.56 Å². The summed E-state index contributed by atoms with van der Waals surface area (Å²) in [6.45, 7) is 0. The Morgan fingerprint density at radius 3 is 2.60 bits per heavy atom. The molecule has 0 unspecified atom stereocenters. The normalized spacial score (nSPS) is 10.4. The second kappa shape index (κ2) is 3.88. The van der Waals surface area contributed by atoms with E-state index in [0.29, 0.717) is 0 Å². The van der Waals surface area contributed by atoms with Gasteiger partial charge in [-0.2, -0.15) is 0 Å². The molecule has 1 aromatic rings. The standard InChI is InChI=1S/C8H10BN/c9-7-10-6-8-4-2-1-3-5-8/h1-6H,7,9H2/b10-6+. The van der Waals surface area contributed by atoms with Crippen LogP contribution in [0.3, 0.4) is 0 Å². The second-order valence-corrected chi connectivity index (χ2v) is 2.04. The lowest BCUT2D eigenvalue weighted by Crippen LogP contribution is -1.81. The number of aliphatic imine (C=N–C) groups is 1. The van der Waals surface area contributed by atoms with E-state index in [4.69, 9.17) is 0 Å². The molecule has 50 valence electrons. The number of hydrogen-bond donors (Lipinski definition) is 0. The minimum atomic E-state index is 0.856. The molecule has 1 nitrogen and oxygen atoms in total. The zero-order valence-electron chi connectivity index (χ0n) is 6.12. The van der Waals surface area contributed by atoms with Crippen molar-refractivity contribution in [1.29, 1.82) is 0 Å². The third-order valence-electron chi connectivity index (χ3n) is 1.22. The van der Waals surface area contributed by atoms with Gasteiger partial charge in [0, 0.05) is 12.7 Å². The van der Waals surface area contributed by atoms with E-state index in [9.17, 15) is 0 Å². The summed E-state index contributed by atoms with van der Waals surface area (Å²) in [5, 5.41) is 0. The quantitative estimate of drug-likeness (QED) is 0.413. The summed E-state index contributed by atoms with van der Waals surface area (Å²) in [5.74, 6) is 0. The van der Waals surface area contributed by atoms with Gasteiger partial charge in [0.15, 0.2) is 0 Å². The molecular weight excluding hydrogens is 121 g/mol. The number of hydrogen-bond acceptors (Lipinski definition) is 1. The average Bonchev–Trinajstić information content (AvgIpc) is 2.03. The molecule has 0 saturated heterocycles. The maximum Gasteiger partial charge on any atom is 0.129 e. The maximum atomic E-state index is 4.12. The summed E-state index contributed by atoms with van der Waals surface area (Å²) in [6.07, 6.45) is 2.74. The summed E-state index contributed by atoms with van der Waals surface area (Å²) in [5.41, 5.74) is 1.17. The predicted molar refractivity (Wildman–Crippen MR) is 47.4 cm³/mol. The summed E-state index contributed by atoms with van der Waals surface area (Å²) in [4.78, 5) is 4.12. The van der Waals surface area contributed by atoms with Crippen molar-refractivity contribution in [2.75, 3.05) is 6.44 Å². The van der Waals surface area contributed by atoms with E-state index in [-0.39, 0.29) is 0 Å². The topological polar surface area (TPSA) is 12.4 Å². The van der Waals surface area contributed by atoms with Gasteiger partial charge < -0.3 is 4.99 Å². The van der Waals surface area contributed by atoms with Crippen molar-refractivity contribution in [3.63, 3.8) is 0 Å². The molecule has 0 aromatic heterocycles. The highest BCUT2D eigenvalue weighted by atomic mass is 14.7. The first kappa shape index (κ1) is 7.07. The van der Waals surface area contributed by atoms with Crippen LogP contribution in [0.4, 0.5) is 0 Å². The fourth-order valence-electron chi connectivity index (χ4n) is 0.736. The molecular formula is C8H10BN. The Balaban J connectivity index is 2.67. The SMILES string of the molecule is BC/N=C/c1ccccc1. The molecule has 0 N–H and O–H groups in total. The van der Waals surface area contributed by atoms with E-state index in [2.05, 4.69) is 4.99 Å². The molecule has 0 aliphatic rings. The van der Waals surface area contributed by atoms with Gasteiger partial charge in [-0.15, -0.1) is 0 Å². The highest BCUT2D eigenvalue weighted by molar-refractivity contribution is 6.09. The molecule has 0 fully saturated rings. The Kier molecular flexibility index (Phi) is 2.74. The van der Waals surface area contributed by atoms with Crippen molar-refractivity contribution >= 4 is 14.1 Å². The van der Waals surface area contributed by atoms with Crippen LogP contribution in [-0.4, -0.2) is 20.5 Å². The molecule has 1 rings (SSSR count). The lowest BCUT2D eigenvalue weighted by molar-refractivity contribution is 1.38. The molecule has 0 spiro atoms. The van der Waals surface area contributed by atoms with Crippen LogP contribution in [0, 0.1) is 0 Å². The van der Waals surface area contributed by atoms with Crippen molar-refractivity contribution in [3.05, 3.63) is 35.9 Å². The lowest BCUT2D eigenvalue weighted by atomic mass is 10.2. The molecule has 0 radical (unpaired) electrons. The first-order valence-electron chi connectivity index (χ1n) is 3.48. The summed E-state index contributed by atoms with van der Waals surface area (Å²) in [6, 6.07) is 10.1. The van der Waals surface area contributed by atoms with Crippen LogP contribution in [0.25, 0.3) is 0 Å².